The summed E-state index contributed by atoms with van der Waals surface area (Å²) < 4.78 is 14.2. The zero-order chi connectivity index (χ0) is 21.4. The van der Waals surface area contributed by atoms with Crippen molar-refractivity contribution in [2.75, 3.05) is 6.54 Å². The Morgan fingerprint density at radius 1 is 1.10 bits per heavy atom. The number of carbonyl (C=O) groups excluding carboxylic acids is 2. The number of hydrogen-bond acceptors (Lipinski definition) is 2. The third-order valence-corrected chi connectivity index (χ3v) is 5.39. The van der Waals surface area contributed by atoms with E-state index in [0.717, 1.165) is 12.8 Å². The first kappa shape index (κ1) is 23.2. The second-order valence-electron chi connectivity index (χ2n) is 6.81. The average molecular weight is 439 g/mol. The minimum absolute atomic E-state index is 0.0318. The summed E-state index contributed by atoms with van der Waals surface area (Å²) >= 11 is 12.4. The molecule has 2 amide bonds. The molecule has 4 nitrogen and oxygen atoms in total. The van der Waals surface area contributed by atoms with Crippen molar-refractivity contribution in [2.45, 2.75) is 45.7 Å². The van der Waals surface area contributed by atoms with Gasteiger partial charge in [0.15, 0.2) is 0 Å². The van der Waals surface area contributed by atoms with E-state index in [1.54, 1.807) is 43.3 Å². The van der Waals surface area contributed by atoms with Crippen molar-refractivity contribution in [3.8, 4) is 0 Å². The number of hydrogen-bond donors (Lipinski definition) is 1. The fourth-order valence-corrected chi connectivity index (χ4v) is 3.41. The first-order valence-electron chi connectivity index (χ1n) is 9.58. The van der Waals surface area contributed by atoms with E-state index < -0.39 is 11.9 Å². The van der Waals surface area contributed by atoms with Gasteiger partial charge in [0.05, 0.1) is 6.42 Å². The minimum atomic E-state index is -0.778. The number of amides is 2. The van der Waals surface area contributed by atoms with Gasteiger partial charge in [-0.15, -0.1) is 0 Å². The number of nitrogens with zero attached hydrogens (tertiary/aromatic N) is 1. The van der Waals surface area contributed by atoms with Crippen molar-refractivity contribution in [3.05, 3.63) is 69.5 Å². The quantitative estimate of drug-likeness (QED) is 0.559. The Hall–Kier alpha value is -2.11. The van der Waals surface area contributed by atoms with Gasteiger partial charge in [-0.1, -0.05) is 60.8 Å². The van der Waals surface area contributed by atoms with Crippen molar-refractivity contribution in [1.29, 1.82) is 0 Å². The molecule has 2 aromatic carbocycles. The van der Waals surface area contributed by atoms with Gasteiger partial charge in [-0.2, -0.15) is 0 Å². The van der Waals surface area contributed by atoms with Crippen LogP contribution in [0.3, 0.4) is 0 Å². The van der Waals surface area contributed by atoms with Gasteiger partial charge >= 0.3 is 0 Å². The molecule has 0 aliphatic rings. The summed E-state index contributed by atoms with van der Waals surface area (Å²) in [6.45, 7) is 4.15. The van der Waals surface area contributed by atoms with Crippen molar-refractivity contribution in [2.24, 2.45) is 0 Å². The second-order valence-corrected chi connectivity index (χ2v) is 7.62. The predicted molar refractivity (Wildman–Crippen MR) is 114 cm³/mol. The highest BCUT2D eigenvalue weighted by Gasteiger charge is 2.27. The van der Waals surface area contributed by atoms with Crippen LogP contribution in [0, 0.1) is 5.82 Å². The molecule has 0 bridgehead atoms. The van der Waals surface area contributed by atoms with Crippen molar-refractivity contribution in [3.63, 3.8) is 0 Å². The monoisotopic (exact) mass is 438 g/mol. The van der Waals surface area contributed by atoms with Crippen LogP contribution in [0.15, 0.2) is 42.5 Å². The molecule has 0 heterocycles. The Balaban J connectivity index is 2.26. The van der Waals surface area contributed by atoms with Crippen LogP contribution < -0.4 is 5.32 Å². The Kier molecular flexibility index (Phi) is 8.93. The Bertz CT molecular complexity index is 840. The highest BCUT2D eigenvalue weighted by atomic mass is 35.5. The molecule has 7 heteroatoms. The number of benzene rings is 2. The van der Waals surface area contributed by atoms with E-state index in [4.69, 9.17) is 23.2 Å². The molecule has 0 aliphatic carbocycles. The third kappa shape index (κ3) is 6.44. The summed E-state index contributed by atoms with van der Waals surface area (Å²) in [5.74, 6) is -1.07. The van der Waals surface area contributed by atoms with Gasteiger partial charge in [-0.25, -0.2) is 4.39 Å². The summed E-state index contributed by atoms with van der Waals surface area (Å²) in [7, 11) is 0. The molecule has 1 atom stereocenters. The highest BCUT2D eigenvalue weighted by molar-refractivity contribution is 6.36. The molecular weight excluding hydrogens is 414 g/mol. The zero-order valence-electron chi connectivity index (χ0n) is 16.6. The Labute approximate surface area is 181 Å². The third-order valence-electron chi connectivity index (χ3n) is 4.69. The van der Waals surface area contributed by atoms with E-state index in [1.807, 2.05) is 6.92 Å². The van der Waals surface area contributed by atoms with Crippen LogP contribution in [0.4, 0.5) is 4.39 Å². The minimum Gasteiger partial charge on any atom is -0.354 e. The summed E-state index contributed by atoms with van der Waals surface area (Å²) in [6, 6.07) is 10.4. The van der Waals surface area contributed by atoms with Crippen molar-refractivity contribution in [1.82, 2.24) is 10.2 Å². The molecule has 1 N–H and O–H groups in total. The molecule has 2 aromatic rings. The van der Waals surface area contributed by atoms with Crippen molar-refractivity contribution < 1.29 is 14.0 Å². The lowest BCUT2D eigenvalue weighted by Gasteiger charge is -2.29. The van der Waals surface area contributed by atoms with Gasteiger partial charge in [-0.05, 0) is 37.1 Å². The topological polar surface area (TPSA) is 49.4 Å². The van der Waals surface area contributed by atoms with E-state index in [9.17, 15) is 14.0 Å². The lowest BCUT2D eigenvalue weighted by Crippen LogP contribution is -2.48. The molecule has 0 spiro atoms. The SMILES string of the molecule is CCCCNC(=O)[C@@H](C)N(Cc1ccccc1F)C(=O)Cc1c(Cl)cccc1Cl. The summed E-state index contributed by atoms with van der Waals surface area (Å²) in [6.07, 6.45) is 1.70. The van der Waals surface area contributed by atoms with Crippen LogP contribution in [0.1, 0.15) is 37.8 Å². The molecular formula is C22H25Cl2FN2O2. The van der Waals surface area contributed by atoms with Crippen LogP contribution in [-0.4, -0.2) is 29.3 Å². The summed E-state index contributed by atoms with van der Waals surface area (Å²) in [5, 5.41) is 3.57. The average Bonchev–Trinajstić information content (AvgIpc) is 2.69. The lowest BCUT2D eigenvalue weighted by atomic mass is 10.1. The summed E-state index contributed by atoms with van der Waals surface area (Å²) in [4.78, 5) is 27.0. The van der Waals surface area contributed by atoms with Crippen LogP contribution >= 0.6 is 23.2 Å². The smallest absolute Gasteiger partial charge is 0.242 e. The molecule has 0 saturated carbocycles. The first-order chi connectivity index (χ1) is 13.8. The maximum absolute atomic E-state index is 14.2. The fraction of sp³-hybridized carbons (Fsp3) is 0.364. The summed E-state index contributed by atoms with van der Waals surface area (Å²) in [5.41, 5.74) is 0.817. The number of unbranched alkanes of at least 4 members (excludes halogenated alkanes) is 1. The van der Waals surface area contributed by atoms with E-state index in [1.165, 1.54) is 11.0 Å². The van der Waals surface area contributed by atoms with Gasteiger partial charge in [0.25, 0.3) is 0 Å². The molecule has 0 aliphatic heterocycles. The number of nitrogens with one attached hydrogen (secondary N) is 1. The van der Waals surface area contributed by atoms with Gasteiger partial charge in [0.1, 0.15) is 11.9 Å². The maximum atomic E-state index is 14.2. The van der Waals surface area contributed by atoms with E-state index in [2.05, 4.69) is 5.32 Å². The second kappa shape index (κ2) is 11.2. The predicted octanol–water partition coefficient (Wildman–Crippen LogP) is 5.01. The molecule has 156 valence electrons. The fourth-order valence-electron chi connectivity index (χ4n) is 2.88. The van der Waals surface area contributed by atoms with E-state index >= 15 is 0 Å². The van der Waals surface area contributed by atoms with Crippen LogP contribution in [-0.2, 0) is 22.6 Å². The van der Waals surface area contributed by atoms with Gasteiger partial charge in [0, 0.05) is 28.7 Å². The Morgan fingerprint density at radius 3 is 2.38 bits per heavy atom. The van der Waals surface area contributed by atoms with Crippen LogP contribution in [0.25, 0.3) is 0 Å². The molecule has 0 saturated heterocycles. The molecule has 29 heavy (non-hydrogen) atoms. The standard InChI is InChI=1S/C22H25Cl2FN2O2/c1-3-4-12-26-22(29)15(2)27(14-16-8-5-6-11-20(16)25)21(28)13-17-18(23)9-7-10-19(17)24/h5-11,15H,3-4,12-14H2,1-2H3,(H,26,29)/t15-/m1/s1. The normalized spacial score (nSPS) is 11.8. The van der Waals surface area contributed by atoms with Crippen LogP contribution in [0.5, 0.6) is 0 Å². The molecule has 2 rings (SSSR count). The maximum Gasteiger partial charge on any atom is 0.242 e. The number of carbonyl (C=O) groups is 2. The molecule has 0 radical (unpaired) electrons. The molecule has 0 aromatic heterocycles. The van der Waals surface area contributed by atoms with E-state index in [0.29, 0.717) is 27.7 Å². The van der Waals surface area contributed by atoms with E-state index in [-0.39, 0.29) is 24.8 Å². The molecule has 0 fully saturated rings. The first-order valence-corrected chi connectivity index (χ1v) is 10.3. The van der Waals surface area contributed by atoms with Gasteiger partial charge < -0.3 is 10.2 Å². The van der Waals surface area contributed by atoms with Gasteiger partial charge in [0.2, 0.25) is 11.8 Å². The van der Waals surface area contributed by atoms with Crippen molar-refractivity contribution >= 4 is 35.0 Å². The number of rotatable bonds is 9. The highest BCUT2D eigenvalue weighted by Crippen LogP contribution is 2.26. The molecule has 0 unspecified atom stereocenters. The zero-order valence-corrected chi connectivity index (χ0v) is 18.1. The van der Waals surface area contributed by atoms with Crippen LogP contribution in [0.2, 0.25) is 10.0 Å². The largest absolute Gasteiger partial charge is 0.354 e. The van der Waals surface area contributed by atoms with Gasteiger partial charge in [-0.3, -0.25) is 9.59 Å². The lowest BCUT2D eigenvalue weighted by molar-refractivity contribution is -0.140. The number of halogens is 3. The Morgan fingerprint density at radius 2 is 1.76 bits per heavy atom.